The number of fused-ring (bicyclic) bond motifs is 1. The second kappa shape index (κ2) is 7.03. The van der Waals surface area contributed by atoms with Crippen molar-refractivity contribution >= 4 is 27.0 Å². The van der Waals surface area contributed by atoms with Crippen LogP contribution in [0.3, 0.4) is 0 Å². The molecule has 4 rings (SSSR count). The largest absolute Gasteiger partial charge is 0.340 e. The van der Waals surface area contributed by atoms with Crippen molar-refractivity contribution in [2.45, 2.75) is 23.8 Å². The number of para-hydroxylation sites is 2. The van der Waals surface area contributed by atoms with Crippen LogP contribution in [0.2, 0.25) is 0 Å². The van der Waals surface area contributed by atoms with Gasteiger partial charge in [0.15, 0.2) is 0 Å². The van der Waals surface area contributed by atoms with Crippen molar-refractivity contribution in [3.05, 3.63) is 59.9 Å². The lowest BCUT2D eigenvalue weighted by Crippen LogP contribution is -2.31. The molecule has 1 aromatic heterocycles. The van der Waals surface area contributed by atoms with Gasteiger partial charge in [-0.25, -0.2) is 17.7 Å². The van der Waals surface area contributed by atoms with E-state index in [-0.39, 0.29) is 16.8 Å². The van der Waals surface area contributed by atoms with Gasteiger partial charge < -0.3 is 9.88 Å². The maximum Gasteiger partial charge on any atom is 0.254 e. The SMILES string of the molecule is CN(C)S(=O)(=O)c1cccc(C(=O)N2CCC[C@H]2c2nc3ccccc3[nH]2)c1. The first-order valence-electron chi connectivity index (χ1n) is 9.16. The molecule has 2 aromatic carbocycles. The molecule has 8 heteroatoms. The fourth-order valence-electron chi connectivity index (χ4n) is 3.59. The van der Waals surface area contributed by atoms with Gasteiger partial charge in [0.1, 0.15) is 5.82 Å². The van der Waals surface area contributed by atoms with E-state index in [2.05, 4.69) is 9.97 Å². The number of carbonyl (C=O) groups is 1. The third-order valence-electron chi connectivity index (χ3n) is 5.10. The summed E-state index contributed by atoms with van der Waals surface area (Å²) in [4.78, 5) is 23.0. The first kappa shape index (κ1) is 18.6. The smallest absolute Gasteiger partial charge is 0.254 e. The summed E-state index contributed by atoms with van der Waals surface area (Å²) in [6, 6.07) is 13.8. The molecular weight excluding hydrogens is 376 g/mol. The van der Waals surface area contributed by atoms with Gasteiger partial charge in [-0.2, -0.15) is 0 Å². The summed E-state index contributed by atoms with van der Waals surface area (Å²) in [6.45, 7) is 0.616. The van der Waals surface area contributed by atoms with Crippen LogP contribution in [-0.2, 0) is 10.0 Å². The van der Waals surface area contributed by atoms with E-state index in [0.29, 0.717) is 12.1 Å². The Morgan fingerprint density at radius 3 is 2.71 bits per heavy atom. The van der Waals surface area contributed by atoms with Crippen LogP contribution in [0.25, 0.3) is 11.0 Å². The van der Waals surface area contributed by atoms with E-state index in [0.717, 1.165) is 34.0 Å². The summed E-state index contributed by atoms with van der Waals surface area (Å²) in [5.41, 5.74) is 2.18. The minimum atomic E-state index is -3.60. The second-order valence-electron chi connectivity index (χ2n) is 7.11. The highest BCUT2D eigenvalue weighted by atomic mass is 32.2. The summed E-state index contributed by atoms with van der Waals surface area (Å²) in [7, 11) is -0.647. The van der Waals surface area contributed by atoms with E-state index in [1.54, 1.807) is 17.0 Å². The molecule has 0 unspecified atom stereocenters. The number of hydrogen-bond acceptors (Lipinski definition) is 4. The number of aromatic amines is 1. The monoisotopic (exact) mass is 398 g/mol. The van der Waals surface area contributed by atoms with Crippen molar-refractivity contribution < 1.29 is 13.2 Å². The predicted octanol–water partition coefficient (Wildman–Crippen LogP) is 2.79. The quantitative estimate of drug-likeness (QED) is 0.732. The van der Waals surface area contributed by atoms with Gasteiger partial charge in [0, 0.05) is 26.2 Å². The van der Waals surface area contributed by atoms with Crippen molar-refractivity contribution in [3.63, 3.8) is 0 Å². The third-order valence-corrected chi connectivity index (χ3v) is 6.91. The Morgan fingerprint density at radius 1 is 1.18 bits per heavy atom. The van der Waals surface area contributed by atoms with E-state index in [9.17, 15) is 13.2 Å². The highest BCUT2D eigenvalue weighted by Gasteiger charge is 2.33. The fourth-order valence-corrected chi connectivity index (χ4v) is 4.54. The third kappa shape index (κ3) is 3.18. The normalized spacial score (nSPS) is 17.5. The molecule has 1 fully saturated rings. The van der Waals surface area contributed by atoms with Crippen molar-refractivity contribution in [1.29, 1.82) is 0 Å². The van der Waals surface area contributed by atoms with E-state index in [1.165, 1.54) is 26.2 Å². The molecule has 1 aliphatic rings. The first-order chi connectivity index (χ1) is 13.4. The molecular formula is C20H22N4O3S. The van der Waals surface area contributed by atoms with Crippen molar-refractivity contribution in [2.75, 3.05) is 20.6 Å². The Hall–Kier alpha value is -2.71. The molecule has 2 heterocycles. The van der Waals surface area contributed by atoms with Crippen LogP contribution >= 0.6 is 0 Å². The van der Waals surface area contributed by atoms with Crippen LogP contribution in [0, 0.1) is 0 Å². The van der Waals surface area contributed by atoms with Crippen molar-refractivity contribution in [1.82, 2.24) is 19.2 Å². The number of nitrogens with one attached hydrogen (secondary N) is 1. The molecule has 7 nitrogen and oxygen atoms in total. The van der Waals surface area contributed by atoms with Gasteiger partial charge in [-0.1, -0.05) is 18.2 Å². The number of amides is 1. The zero-order valence-corrected chi connectivity index (χ0v) is 16.6. The van der Waals surface area contributed by atoms with Crippen LogP contribution in [0.15, 0.2) is 53.4 Å². The van der Waals surface area contributed by atoms with Gasteiger partial charge >= 0.3 is 0 Å². The number of H-pyrrole nitrogens is 1. The molecule has 0 radical (unpaired) electrons. The molecule has 1 aliphatic heterocycles. The van der Waals surface area contributed by atoms with Gasteiger partial charge in [0.05, 0.1) is 22.0 Å². The fraction of sp³-hybridized carbons (Fsp3) is 0.300. The van der Waals surface area contributed by atoms with Crippen molar-refractivity contribution in [3.8, 4) is 0 Å². The lowest BCUT2D eigenvalue weighted by molar-refractivity contribution is 0.0730. The maximum absolute atomic E-state index is 13.2. The number of benzene rings is 2. The summed E-state index contributed by atoms with van der Waals surface area (Å²) < 4.78 is 25.9. The van der Waals surface area contributed by atoms with E-state index in [4.69, 9.17) is 0 Å². The Balaban J connectivity index is 1.66. The molecule has 0 saturated carbocycles. The van der Waals surface area contributed by atoms with Gasteiger partial charge in [-0.05, 0) is 43.2 Å². The number of aromatic nitrogens is 2. The highest BCUT2D eigenvalue weighted by Crippen LogP contribution is 2.33. The lowest BCUT2D eigenvalue weighted by Gasteiger charge is -2.23. The van der Waals surface area contributed by atoms with Gasteiger partial charge in [0.25, 0.3) is 5.91 Å². The number of sulfonamides is 1. The Kier molecular flexibility index (Phi) is 4.68. The number of carbonyl (C=O) groups excluding carboxylic acids is 1. The summed E-state index contributed by atoms with van der Waals surface area (Å²) in [5.74, 6) is 0.586. The highest BCUT2D eigenvalue weighted by molar-refractivity contribution is 7.89. The average Bonchev–Trinajstić information content (AvgIpc) is 3.33. The number of rotatable bonds is 4. The Morgan fingerprint density at radius 2 is 1.96 bits per heavy atom. The molecule has 1 atom stereocenters. The molecule has 1 amide bonds. The van der Waals surface area contributed by atoms with E-state index < -0.39 is 10.0 Å². The zero-order valence-electron chi connectivity index (χ0n) is 15.8. The minimum absolute atomic E-state index is 0.114. The van der Waals surface area contributed by atoms with Gasteiger partial charge in [-0.15, -0.1) is 0 Å². The van der Waals surface area contributed by atoms with Crippen LogP contribution in [0.4, 0.5) is 0 Å². The first-order valence-corrected chi connectivity index (χ1v) is 10.6. The minimum Gasteiger partial charge on any atom is -0.340 e. The summed E-state index contributed by atoms with van der Waals surface area (Å²) in [6.07, 6.45) is 1.70. The predicted molar refractivity (Wildman–Crippen MR) is 106 cm³/mol. The summed E-state index contributed by atoms with van der Waals surface area (Å²) >= 11 is 0. The number of likely N-dealkylation sites (tertiary alicyclic amines) is 1. The van der Waals surface area contributed by atoms with E-state index in [1.807, 2.05) is 24.3 Å². The van der Waals surface area contributed by atoms with Crippen molar-refractivity contribution in [2.24, 2.45) is 0 Å². The molecule has 1 saturated heterocycles. The van der Waals surface area contributed by atoms with Crippen LogP contribution in [0.1, 0.15) is 35.1 Å². The Labute approximate surface area is 164 Å². The summed E-state index contributed by atoms with van der Waals surface area (Å²) in [5, 5.41) is 0. The molecule has 146 valence electrons. The van der Waals surface area contributed by atoms with Gasteiger partial charge in [-0.3, -0.25) is 4.79 Å². The lowest BCUT2D eigenvalue weighted by atomic mass is 10.1. The standard InChI is InChI=1S/C20H22N4O3S/c1-23(2)28(26,27)15-8-5-7-14(13-15)20(25)24-12-6-11-18(24)19-21-16-9-3-4-10-17(16)22-19/h3-5,7-10,13,18H,6,11-12H2,1-2H3,(H,21,22)/t18-/m0/s1. The molecule has 0 spiro atoms. The molecule has 28 heavy (non-hydrogen) atoms. The maximum atomic E-state index is 13.2. The Bertz CT molecular complexity index is 1100. The number of imidazole rings is 1. The van der Waals surface area contributed by atoms with Crippen LogP contribution in [0.5, 0.6) is 0 Å². The second-order valence-corrected chi connectivity index (χ2v) is 9.26. The molecule has 1 N–H and O–H groups in total. The average molecular weight is 398 g/mol. The zero-order chi connectivity index (χ0) is 19.9. The number of hydrogen-bond donors (Lipinski definition) is 1. The van der Waals surface area contributed by atoms with E-state index >= 15 is 0 Å². The van der Waals surface area contributed by atoms with Crippen LogP contribution in [-0.4, -0.2) is 54.1 Å². The van der Waals surface area contributed by atoms with Gasteiger partial charge in [0.2, 0.25) is 10.0 Å². The molecule has 3 aromatic rings. The number of nitrogens with zero attached hydrogens (tertiary/aromatic N) is 3. The molecule has 0 bridgehead atoms. The molecule has 0 aliphatic carbocycles. The topological polar surface area (TPSA) is 86.4 Å². The van der Waals surface area contributed by atoms with Crippen LogP contribution < -0.4 is 0 Å².